The van der Waals surface area contributed by atoms with E-state index in [9.17, 15) is 4.79 Å². The first-order chi connectivity index (χ1) is 13.7. The molecular formula is C21H19ClN4OS. The highest BCUT2D eigenvalue weighted by Crippen LogP contribution is 2.36. The van der Waals surface area contributed by atoms with Gasteiger partial charge >= 0.3 is 0 Å². The molecule has 0 spiro atoms. The van der Waals surface area contributed by atoms with E-state index in [0.29, 0.717) is 28.3 Å². The highest BCUT2D eigenvalue weighted by atomic mass is 35.5. The summed E-state index contributed by atoms with van der Waals surface area (Å²) in [6.07, 6.45) is 3.41. The van der Waals surface area contributed by atoms with Crippen LogP contribution in [0.2, 0.25) is 5.02 Å². The predicted molar refractivity (Wildman–Crippen MR) is 114 cm³/mol. The zero-order valence-corrected chi connectivity index (χ0v) is 16.8. The number of fused-ring (bicyclic) bond motifs is 2. The van der Waals surface area contributed by atoms with Crippen LogP contribution >= 0.6 is 22.9 Å². The van der Waals surface area contributed by atoms with Crippen LogP contribution in [0.25, 0.3) is 21.1 Å². The van der Waals surface area contributed by atoms with Crippen LogP contribution in [0.15, 0.2) is 47.3 Å². The van der Waals surface area contributed by atoms with E-state index >= 15 is 0 Å². The topological polar surface area (TPSA) is 61.9 Å². The quantitative estimate of drug-likeness (QED) is 0.521. The second kappa shape index (κ2) is 7.28. The van der Waals surface area contributed by atoms with Crippen molar-refractivity contribution in [1.29, 1.82) is 0 Å². The number of piperidine rings is 1. The lowest BCUT2D eigenvalue weighted by Crippen LogP contribution is -2.34. The first-order valence-electron chi connectivity index (χ1n) is 9.45. The Morgan fingerprint density at radius 1 is 1.14 bits per heavy atom. The molecule has 2 aromatic carbocycles. The average Bonchev–Trinajstić information content (AvgIpc) is 3.12. The fourth-order valence-electron chi connectivity index (χ4n) is 3.92. The number of rotatable bonds is 3. The van der Waals surface area contributed by atoms with Crippen molar-refractivity contribution in [2.45, 2.75) is 31.8 Å². The van der Waals surface area contributed by atoms with E-state index in [-0.39, 0.29) is 11.6 Å². The molecule has 5 nitrogen and oxygen atoms in total. The third kappa shape index (κ3) is 3.32. The molecule has 1 N–H and O–H groups in total. The zero-order valence-electron chi connectivity index (χ0n) is 15.2. The van der Waals surface area contributed by atoms with Crippen molar-refractivity contribution in [3.63, 3.8) is 0 Å². The number of benzene rings is 2. The van der Waals surface area contributed by atoms with Gasteiger partial charge in [-0.25, -0.2) is 9.97 Å². The van der Waals surface area contributed by atoms with Crippen LogP contribution in [-0.4, -0.2) is 26.4 Å². The summed E-state index contributed by atoms with van der Waals surface area (Å²) < 4.78 is 1.22. The lowest BCUT2D eigenvalue weighted by Gasteiger charge is -2.34. The van der Waals surface area contributed by atoms with Crippen LogP contribution in [-0.2, 0) is 6.54 Å². The van der Waals surface area contributed by atoms with Gasteiger partial charge in [-0.1, -0.05) is 30.2 Å². The van der Waals surface area contributed by atoms with Crippen molar-refractivity contribution in [3.05, 3.63) is 68.7 Å². The van der Waals surface area contributed by atoms with Crippen molar-refractivity contribution >= 4 is 44.1 Å². The maximum atomic E-state index is 12.5. The molecule has 5 rings (SSSR count). The summed E-state index contributed by atoms with van der Waals surface area (Å²) in [6, 6.07) is 13.7. The number of thiazole rings is 1. The Hall–Kier alpha value is -2.28. The fraction of sp³-hybridized carbons (Fsp3) is 0.286. The van der Waals surface area contributed by atoms with Crippen molar-refractivity contribution in [3.8, 4) is 0 Å². The van der Waals surface area contributed by atoms with E-state index in [0.717, 1.165) is 29.9 Å². The third-order valence-corrected chi connectivity index (χ3v) is 6.65. The van der Waals surface area contributed by atoms with Gasteiger partial charge < -0.3 is 4.98 Å². The molecule has 142 valence electrons. The molecule has 1 atom stereocenters. The first kappa shape index (κ1) is 17.8. The van der Waals surface area contributed by atoms with Gasteiger partial charge in [0.05, 0.1) is 33.7 Å². The van der Waals surface area contributed by atoms with E-state index in [4.69, 9.17) is 16.6 Å². The van der Waals surface area contributed by atoms with E-state index in [2.05, 4.69) is 33.1 Å². The minimum Gasteiger partial charge on any atom is -0.309 e. The minimum atomic E-state index is -0.120. The molecule has 0 saturated carbocycles. The normalized spacial score (nSPS) is 18.1. The standard InChI is InChI=1S/C21H19ClN4OS/c22-13-8-9-14-16(11-13)23-19(25-20(14)27)12-26-10-4-3-6-17(26)21-24-15-5-1-2-7-18(15)28-21/h1-2,5,7-9,11,17H,3-4,6,10,12H2,(H,23,25,27)/t17-/m1/s1. The summed E-state index contributed by atoms with van der Waals surface area (Å²) in [6.45, 7) is 1.57. The van der Waals surface area contributed by atoms with Gasteiger partial charge in [0, 0.05) is 5.02 Å². The third-order valence-electron chi connectivity index (χ3n) is 5.28. The van der Waals surface area contributed by atoms with Crippen LogP contribution in [0, 0.1) is 0 Å². The number of hydrogen-bond donors (Lipinski definition) is 1. The van der Waals surface area contributed by atoms with E-state index in [1.165, 1.54) is 11.1 Å². The Bertz CT molecular complexity index is 1180. The van der Waals surface area contributed by atoms with Gasteiger partial charge in [-0.2, -0.15) is 0 Å². The van der Waals surface area contributed by atoms with Crippen LogP contribution < -0.4 is 5.56 Å². The lowest BCUT2D eigenvalue weighted by molar-refractivity contribution is 0.137. The molecule has 0 radical (unpaired) electrons. The fourth-order valence-corrected chi connectivity index (χ4v) is 5.22. The Kier molecular flexibility index (Phi) is 4.62. The molecule has 1 saturated heterocycles. The van der Waals surface area contributed by atoms with E-state index < -0.39 is 0 Å². The molecule has 7 heteroatoms. The molecule has 1 aliphatic rings. The Balaban J connectivity index is 1.48. The second-order valence-electron chi connectivity index (χ2n) is 7.18. The second-order valence-corrected chi connectivity index (χ2v) is 8.67. The molecule has 1 aliphatic heterocycles. The van der Waals surface area contributed by atoms with E-state index in [1.54, 1.807) is 29.5 Å². The number of likely N-dealkylation sites (tertiary alicyclic amines) is 1. The number of aromatic amines is 1. The molecule has 0 aliphatic carbocycles. The summed E-state index contributed by atoms with van der Waals surface area (Å²) >= 11 is 7.85. The number of hydrogen-bond acceptors (Lipinski definition) is 5. The number of para-hydroxylation sites is 1. The minimum absolute atomic E-state index is 0.120. The Morgan fingerprint density at radius 3 is 2.93 bits per heavy atom. The Morgan fingerprint density at radius 2 is 2.04 bits per heavy atom. The number of H-pyrrole nitrogens is 1. The molecule has 2 aromatic heterocycles. The monoisotopic (exact) mass is 410 g/mol. The van der Waals surface area contributed by atoms with Gasteiger partial charge in [0.15, 0.2) is 0 Å². The van der Waals surface area contributed by atoms with Gasteiger partial charge in [0.2, 0.25) is 0 Å². The van der Waals surface area contributed by atoms with Crippen molar-refractivity contribution in [2.24, 2.45) is 0 Å². The molecule has 3 heterocycles. The van der Waals surface area contributed by atoms with Gasteiger partial charge in [-0.3, -0.25) is 9.69 Å². The van der Waals surface area contributed by atoms with Crippen molar-refractivity contribution in [1.82, 2.24) is 19.9 Å². The largest absolute Gasteiger partial charge is 0.309 e. The maximum Gasteiger partial charge on any atom is 0.258 e. The molecule has 0 amide bonds. The van der Waals surface area contributed by atoms with Gasteiger partial charge in [0.25, 0.3) is 5.56 Å². The maximum absolute atomic E-state index is 12.5. The zero-order chi connectivity index (χ0) is 19.1. The van der Waals surface area contributed by atoms with Crippen LogP contribution in [0.1, 0.15) is 36.1 Å². The van der Waals surface area contributed by atoms with Crippen molar-refractivity contribution in [2.75, 3.05) is 6.54 Å². The number of nitrogens with one attached hydrogen (secondary N) is 1. The Labute approximate surface area is 171 Å². The molecular weight excluding hydrogens is 392 g/mol. The average molecular weight is 411 g/mol. The van der Waals surface area contributed by atoms with Crippen LogP contribution in [0.3, 0.4) is 0 Å². The predicted octanol–water partition coefficient (Wildman–Crippen LogP) is 4.91. The van der Waals surface area contributed by atoms with E-state index in [1.807, 2.05) is 6.07 Å². The molecule has 28 heavy (non-hydrogen) atoms. The molecule has 0 bridgehead atoms. The first-order valence-corrected chi connectivity index (χ1v) is 10.6. The summed E-state index contributed by atoms with van der Waals surface area (Å²) in [7, 11) is 0. The summed E-state index contributed by atoms with van der Waals surface area (Å²) in [5.41, 5.74) is 1.57. The molecule has 1 fully saturated rings. The molecule has 0 unspecified atom stereocenters. The number of halogens is 1. The van der Waals surface area contributed by atoms with Crippen LogP contribution in [0.4, 0.5) is 0 Å². The number of aromatic nitrogens is 3. The van der Waals surface area contributed by atoms with Crippen molar-refractivity contribution < 1.29 is 0 Å². The van der Waals surface area contributed by atoms with Gasteiger partial charge in [0.1, 0.15) is 10.8 Å². The SMILES string of the molecule is O=c1[nH]c(CN2CCCC[C@@H]2c2nc3ccccc3s2)nc2cc(Cl)ccc12. The summed E-state index contributed by atoms with van der Waals surface area (Å²) in [5, 5.41) is 2.29. The van der Waals surface area contributed by atoms with Gasteiger partial charge in [-0.15, -0.1) is 11.3 Å². The summed E-state index contributed by atoms with van der Waals surface area (Å²) in [5.74, 6) is 0.674. The van der Waals surface area contributed by atoms with Crippen LogP contribution in [0.5, 0.6) is 0 Å². The number of nitrogens with zero attached hydrogens (tertiary/aromatic N) is 3. The van der Waals surface area contributed by atoms with Gasteiger partial charge in [-0.05, 0) is 49.7 Å². The molecule has 4 aromatic rings. The summed E-state index contributed by atoms with van der Waals surface area (Å²) in [4.78, 5) is 27.3. The smallest absolute Gasteiger partial charge is 0.258 e. The highest BCUT2D eigenvalue weighted by Gasteiger charge is 2.27. The highest BCUT2D eigenvalue weighted by molar-refractivity contribution is 7.18. The lowest BCUT2D eigenvalue weighted by atomic mass is 10.0.